The molecule has 0 amide bonds. The maximum atomic E-state index is 5.46. The van der Waals surface area contributed by atoms with Gasteiger partial charge in [-0.3, -0.25) is 4.90 Å². The quantitative estimate of drug-likeness (QED) is 0.483. The Labute approximate surface area is 129 Å². The van der Waals surface area contributed by atoms with Crippen molar-refractivity contribution in [2.24, 2.45) is 0 Å². The van der Waals surface area contributed by atoms with Gasteiger partial charge in [-0.05, 0) is 30.4 Å². The Morgan fingerprint density at radius 1 is 1.33 bits per heavy atom. The Balaban J connectivity index is 1.88. The van der Waals surface area contributed by atoms with Crippen molar-refractivity contribution in [1.29, 1.82) is 0 Å². The summed E-state index contributed by atoms with van der Waals surface area (Å²) in [5, 5.41) is 6.82. The number of guanidine groups is 1. The van der Waals surface area contributed by atoms with Gasteiger partial charge < -0.3 is 9.64 Å². The molecule has 0 bridgehead atoms. The summed E-state index contributed by atoms with van der Waals surface area (Å²) in [7, 11) is 2.12. The van der Waals surface area contributed by atoms with Gasteiger partial charge in [-0.25, -0.2) is 9.98 Å². The second kappa shape index (κ2) is 6.52. The summed E-state index contributed by atoms with van der Waals surface area (Å²) < 4.78 is 10.4. The number of likely N-dealkylation sites (tertiary alicyclic amines) is 1. The number of hydrogen-bond donors (Lipinski definition) is 1. The number of anilines is 1. The summed E-state index contributed by atoms with van der Waals surface area (Å²) in [6, 6.07) is 2.17. The predicted molar refractivity (Wildman–Crippen MR) is 89.1 cm³/mol. The SMILES string of the molecule is Cc1csc(NC(=[N+]=C2CCCN2C)N2CCOCC2)c1. The van der Waals surface area contributed by atoms with Crippen LogP contribution in [0, 0.1) is 6.92 Å². The molecule has 0 atom stereocenters. The molecular weight excluding hydrogens is 284 g/mol. The third kappa shape index (κ3) is 3.59. The average Bonchev–Trinajstić information content (AvgIpc) is 3.08. The standard InChI is InChI=1S/C15H22N4OS/c1-12-10-14(21-11-12)17-15(19-6-8-20-9-7-19)16-13-4-3-5-18(13)2/h10-11H,3-9H2,1-2H3/p+1. The van der Waals surface area contributed by atoms with E-state index >= 15 is 0 Å². The monoisotopic (exact) mass is 307 g/mol. The van der Waals surface area contributed by atoms with Crippen LogP contribution in [0.4, 0.5) is 5.00 Å². The second-order valence-electron chi connectivity index (χ2n) is 5.59. The Kier molecular flexibility index (Phi) is 4.48. The van der Waals surface area contributed by atoms with Gasteiger partial charge in [0.15, 0.2) is 0 Å². The van der Waals surface area contributed by atoms with Crippen LogP contribution in [0.25, 0.3) is 0 Å². The molecule has 1 aromatic rings. The van der Waals surface area contributed by atoms with Crippen molar-refractivity contribution in [2.75, 3.05) is 45.2 Å². The minimum absolute atomic E-state index is 0.773. The zero-order valence-electron chi connectivity index (χ0n) is 12.8. The van der Waals surface area contributed by atoms with Crippen molar-refractivity contribution in [3.63, 3.8) is 0 Å². The number of aryl methyl sites for hydroxylation is 1. The Hall–Kier alpha value is -1.49. The molecule has 3 rings (SSSR count). The van der Waals surface area contributed by atoms with Crippen molar-refractivity contribution < 1.29 is 4.74 Å². The molecule has 0 radical (unpaired) electrons. The number of nitrogens with one attached hydrogen (secondary N) is 1. The summed E-state index contributed by atoms with van der Waals surface area (Å²) in [5.41, 5.74) is 1.29. The number of nitrogens with zero attached hydrogens (tertiary/aromatic N) is 3. The van der Waals surface area contributed by atoms with Gasteiger partial charge in [0.2, 0.25) is 0 Å². The van der Waals surface area contributed by atoms with E-state index in [0.717, 1.165) is 50.2 Å². The van der Waals surface area contributed by atoms with Crippen molar-refractivity contribution in [2.45, 2.75) is 19.8 Å². The van der Waals surface area contributed by atoms with Gasteiger partial charge in [-0.2, -0.15) is 0 Å². The molecule has 0 aliphatic carbocycles. The summed E-state index contributed by atoms with van der Waals surface area (Å²) in [6.45, 7) is 6.56. The fourth-order valence-corrected chi connectivity index (χ4v) is 3.40. The van der Waals surface area contributed by atoms with Gasteiger partial charge in [0.05, 0.1) is 32.8 Å². The van der Waals surface area contributed by atoms with E-state index in [-0.39, 0.29) is 0 Å². The lowest BCUT2D eigenvalue weighted by atomic mass is 10.4. The Morgan fingerprint density at radius 3 is 2.76 bits per heavy atom. The normalized spacial score (nSPS) is 18.9. The molecule has 0 saturated carbocycles. The van der Waals surface area contributed by atoms with Gasteiger partial charge in [0.25, 0.3) is 5.84 Å². The van der Waals surface area contributed by atoms with Crippen LogP contribution < -0.4 is 9.98 Å². The first-order valence-electron chi connectivity index (χ1n) is 7.53. The van der Waals surface area contributed by atoms with Gasteiger partial charge >= 0.3 is 5.96 Å². The lowest BCUT2D eigenvalue weighted by Crippen LogP contribution is -2.46. The highest BCUT2D eigenvalue weighted by molar-refractivity contribution is 7.14. The average molecular weight is 307 g/mol. The third-order valence-corrected chi connectivity index (χ3v) is 4.81. The summed E-state index contributed by atoms with van der Waals surface area (Å²) in [6.07, 6.45) is 2.26. The van der Waals surface area contributed by atoms with E-state index < -0.39 is 0 Å². The molecule has 0 aromatic carbocycles. The van der Waals surface area contributed by atoms with Crippen molar-refractivity contribution >= 4 is 28.1 Å². The molecule has 2 aliphatic heterocycles. The molecule has 3 heterocycles. The highest BCUT2D eigenvalue weighted by atomic mass is 32.1. The molecule has 1 aromatic heterocycles. The third-order valence-electron chi connectivity index (χ3n) is 3.85. The van der Waals surface area contributed by atoms with Gasteiger partial charge in [0, 0.05) is 13.5 Å². The van der Waals surface area contributed by atoms with Crippen LogP contribution in [0.15, 0.2) is 11.4 Å². The zero-order chi connectivity index (χ0) is 14.7. The van der Waals surface area contributed by atoms with Crippen molar-refractivity contribution in [1.82, 2.24) is 14.5 Å². The summed E-state index contributed by atoms with van der Waals surface area (Å²) in [4.78, 5) is 4.54. The van der Waals surface area contributed by atoms with Crippen LogP contribution in [0.2, 0.25) is 0 Å². The van der Waals surface area contributed by atoms with Crippen molar-refractivity contribution in [3.05, 3.63) is 17.0 Å². The zero-order valence-corrected chi connectivity index (χ0v) is 13.6. The summed E-state index contributed by atoms with van der Waals surface area (Å²) in [5.74, 6) is 2.14. The molecule has 2 aliphatic rings. The lowest BCUT2D eigenvalue weighted by molar-refractivity contribution is 0.0679. The lowest BCUT2D eigenvalue weighted by Gasteiger charge is -2.23. The van der Waals surface area contributed by atoms with E-state index in [1.807, 2.05) is 0 Å². The van der Waals surface area contributed by atoms with Gasteiger partial charge in [-0.1, -0.05) is 0 Å². The topological polar surface area (TPSA) is 41.8 Å². The first kappa shape index (κ1) is 14.4. The minimum Gasteiger partial charge on any atom is -0.376 e. The van der Waals surface area contributed by atoms with E-state index in [2.05, 4.69) is 40.5 Å². The second-order valence-corrected chi connectivity index (χ2v) is 6.50. The number of rotatable bonds is 1. The molecule has 1 N–H and O–H groups in total. The first-order valence-corrected chi connectivity index (χ1v) is 8.41. The smallest absolute Gasteiger partial charge is 0.376 e. The molecule has 114 valence electrons. The number of hydrogen-bond acceptors (Lipinski definition) is 2. The Morgan fingerprint density at radius 2 is 2.14 bits per heavy atom. The molecule has 2 saturated heterocycles. The van der Waals surface area contributed by atoms with Gasteiger partial charge in [-0.15, -0.1) is 11.3 Å². The van der Waals surface area contributed by atoms with Crippen LogP contribution in [0.5, 0.6) is 0 Å². The molecular formula is C15H23N4OS+. The maximum Gasteiger partial charge on any atom is 0.402 e. The fourth-order valence-electron chi connectivity index (χ4n) is 2.62. The molecule has 0 unspecified atom stereocenters. The van der Waals surface area contributed by atoms with Crippen LogP contribution >= 0.6 is 11.3 Å². The number of amidine groups is 1. The van der Waals surface area contributed by atoms with E-state index in [4.69, 9.17) is 9.40 Å². The highest BCUT2D eigenvalue weighted by Crippen LogP contribution is 2.19. The van der Waals surface area contributed by atoms with E-state index in [9.17, 15) is 0 Å². The maximum absolute atomic E-state index is 5.46. The van der Waals surface area contributed by atoms with E-state index in [1.54, 1.807) is 11.3 Å². The van der Waals surface area contributed by atoms with E-state index in [0.29, 0.717) is 0 Å². The first-order chi connectivity index (χ1) is 10.2. The molecule has 0 spiro atoms. The molecule has 2 fully saturated rings. The Bertz CT molecular complexity index is 556. The van der Waals surface area contributed by atoms with Crippen LogP contribution in [0.3, 0.4) is 0 Å². The molecule has 5 nitrogen and oxygen atoms in total. The largest absolute Gasteiger partial charge is 0.402 e. The molecule has 21 heavy (non-hydrogen) atoms. The summed E-state index contributed by atoms with van der Waals surface area (Å²) >= 11 is 1.73. The van der Waals surface area contributed by atoms with Crippen LogP contribution in [-0.2, 0) is 4.74 Å². The highest BCUT2D eigenvalue weighted by Gasteiger charge is 2.25. The van der Waals surface area contributed by atoms with E-state index in [1.165, 1.54) is 17.8 Å². The molecule has 6 heteroatoms. The predicted octanol–water partition coefficient (Wildman–Crippen LogP) is 1.35. The fraction of sp³-hybridized carbons (Fsp3) is 0.600. The van der Waals surface area contributed by atoms with Crippen LogP contribution in [-0.4, -0.2) is 61.5 Å². The number of ether oxygens (including phenoxy) is 1. The number of thiophene rings is 1. The minimum atomic E-state index is 0.773. The van der Waals surface area contributed by atoms with Gasteiger partial charge in [0.1, 0.15) is 5.00 Å². The van der Waals surface area contributed by atoms with Crippen LogP contribution in [0.1, 0.15) is 18.4 Å². The van der Waals surface area contributed by atoms with Crippen molar-refractivity contribution in [3.8, 4) is 0 Å². The number of morpholine rings is 1.